The van der Waals surface area contributed by atoms with Crippen molar-refractivity contribution in [2.45, 2.75) is 23.6 Å². The van der Waals surface area contributed by atoms with Crippen LogP contribution >= 0.6 is 38.6 Å². The van der Waals surface area contributed by atoms with E-state index in [4.69, 9.17) is 0 Å². The highest BCUT2D eigenvalue weighted by atomic mass is 79.9. The fraction of sp³-hybridized carbons (Fsp3) is 0.333. The third kappa shape index (κ3) is 3.28. The maximum atomic E-state index is 12.5. The van der Waals surface area contributed by atoms with Crippen molar-refractivity contribution in [3.05, 3.63) is 38.3 Å². The van der Waals surface area contributed by atoms with Gasteiger partial charge in [-0.2, -0.15) is 4.31 Å². The van der Waals surface area contributed by atoms with Crippen LogP contribution in [0.4, 0.5) is 0 Å². The SMILES string of the molecule is CC(Cc1cccs1)N(C)S(=O)(=O)c1sccc1Br. The summed E-state index contributed by atoms with van der Waals surface area (Å²) in [5.41, 5.74) is 0. The van der Waals surface area contributed by atoms with Gasteiger partial charge >= 0.3 is 0 Å². The monoisotopic (exact) mass is 379 g/mol. The first-order valence-corrected chi connectivity index (χ1v) is 9.65. The fourth-order valence-electron chi connectivity index (χ4n) is 1.68. The molecule has 2 rings (SSSR count). The summed E-state index contributed by atoms with van der Waals surface area (Å²) in [4.78, 5) is 1.19. The van der Waals surface area contributed by atoms with Crippen molar-refractivity contribution in [1.82, 2.24) is 4.31 Å². The summed E-state index contributed by atoms with van der Waals surface area (Å²) in [6.45, 7) is 1.93. The van der Waals surface area contributed by atoms with Crippen molar-refractivity contribution in [3.63, 3.8) is 0 Å². The first-order valence-electron chi connectivity index (χ1n) is 5.66. The van der Waals surface area contributed by atoms with E-state index < -0.39 is 10.0 Å². The van der Waals surface area contributed by atoms with E-state index in [1.807, 2.05) is 24.4 Å². The van der Waals surface area contributed by atoms with Crippen LogP contribution in [0.25, 0.3) is 0 Å². The van der Waals surface area contributed by atoms with Gasteiger partial charge in [0.25, 0.3) is 10.0 Å². The van der Waals surface area contributed by atoms with Gasteiger partial charge in [-0.25, -0.2) is 8.42 Å². The number of hydrogen-bond acceptors (Lipinski definition) is 4. The molecule has 1 unspecified atom stereocenters. The van der Waals surface area contributed by atoms with Crippen LogP contribution in [0, 0.1) is 0 Å². The normalized spacial score (nSPS) is 13.9. The van der Waals surface area contributed by atoms with Gasteiger partial charge in [0.15, 0.2) is 0 Å². The second-order valence-electron chi connectivity index (χ2n) is 4.21. The molecule has 0 aliphatic heterocycles. The van der Waals surface area contributed by atoms with E-state index in [1.54, 1.807) is 29.8 Å². The van der Waals surface area contributed by atoms with E-state index in [-0.39, 0.29) is 6.04 Å². The van der Waals surface area contributed by atoms with Crippen LogP contribution in [-0.2, 0) is 16.4 Å². The predicted octanol–water partition coefficient (Wildman–Crippen LogP) is 3.82. The van der Waals surface area contributed by atoms with Crippen molar-refractivity contribution >= 4 is 48.6 Å². The van der Waals surface area contributed by atoms with Gasteiger partial charge in [0.1, 0.15) is 4.21 Å². The van der Waals surface area contributed by atoms with Crippen LogP contribution in [0.2, 0.25) is 0 Å². The number of nitrogens with zero attached hydrogens (tertiary/aromatic N) is 1. The van der Waals surface area contributed by atoms with Crippen molar-refractivity contribution in [2.24, 2.45) is 0 Å². The minimum absolute atomic E-state index is 0.0716. The molecular weight excluding hydrogens is 366 g/mol. The minimum Gasteiger partial charge on any atom is -0.206 e. The molecule has 0 saturated carbocycles. The van der Waals surface area contributed by atoms with E-state index in [9.17, 15) is 8.42 Å². The summed E-state index contributed by atoms with van der Waals surface area (Å²) in [5.74, 6) is 0. The summed E-state index contributed by atoms with van der Waals surface area (Å²) in [7, 11) is -1.78. The lowest BCUT2D eigenvalue weighted by Gasteiger charge is -2.23. The molecule has 0 spiro atoms. The molecule has 0 N–H and O–H groups in total. The van der Waals surface area contributed by atoms with Gasteiger partial charge in [0, 0.05) is 22.4 Å². The summed E-state index contributed by atoms with van der Waals surface area (Å²) < 4.78 is 27.4. The number of likely N-dealkylation sites (N-methyl/N-ethyl adjacent to an activating group) is 1. The van der Waals surface area contributed by atoms with Crippen LogP contribution in [-0.4, -0.2) is 25.8 Å². The standard InChI is InChI=1S/C12H14BrNO2S3/c1-9(8-10-4-3-6-17-10)14(2)19(15,16)12-11(13)5-7-18-12/h3-7,9H,8H2,1-2H3. The molecule has 0 aromatic carbocycles. The van der Waals surface area contributed by atoms with Crippen molar-refractivity contribution in [2.75, 3.05) is 7.05 Å². The molecular formula is C12H14BrNO2S3. The zero-order chi connectivity index (χ0) is 14.0. The Bertz CT molecular complexity index is 634. The third-order valence-electron chi connectivity index (χ3n) is 2.90. The molecule has 1 atom stereocenters. The highest BCUT2D eigenvalue weighted by molar-refractivity contribution is 9.10. The quantitative estimate of drug-likeness (QED) is 0.791. The smallest absolute Gasteiger partial charge is 0.206 e. The number of rotatable bonds is 5. The molecule has 2 aromatic heterocycles. The summed E-state index contributed by atoms with van der Waals surface area (Å²) >= 11 is 6.17. The molecule has 0 aliphatic rings. The van der Waals surface area contributed by atoms with Crippen LogP contribution in [0.3, 0.4) is 0 Å². The number of sulfonamides is 1. The molecule has 0 amide bonds. The van der Waals surface area contributed by atoms with Gasteiger partial charge in [-0.1, -0.05) is 6.07 Å². The Balaban J connectivity index is 2.19. The summed E-state index contributed by atoms with van der Waals surface area (Å²) in [5, 5.41) is 3.78. The zero-order valence-corrected chi connectivity index (χ0v) is 14.6. The molecule has 0 bridgehead atoms. The lowest BCUT2D eigenvalue weighted by molar-refractivity contribution is 0.389. The lowest BCUT2D eigenvalue weighted by atomic mass is 10.2. The van der Waals surface area contributed by atoms with E-state index in [2.05, 4.69) is 15.9 Å². The average molecular weight is 380 g/mol. The maximum Gasteiger partial charge on any atom is 0.253 e. The van der Waals surface area contributed by atoms with E-state index >= 15 is 0 Å². The molecule has 0 radical (unpaired) electrons. The van der Waals surface area contributed by atoms with Gasteiger partial charge in [0.05, 0.1) is 0 Å². The molecule has 7 heteroatoms. The van der Waals surface area contributed by atoms with Gasteiger partial charge in [0.2, 0.25) is 0 Å². The Hall–Kier alpha value is -0.210. The van der Waals surface area contributed by atoms with E-state index in [1.165, 1.54) is 20.5 Å². The molecule has 2 aromatic rings. The van der Waals surface area contributed by atoms with Crippen LogP contribution in [0.15, 0.2) is 37.6 Å². The second-order valence-corrected chi connectivity index (χ2v) is 9.21. The third-order valence-corrected chi connectivity index (χ3v) is 8.41. The van der Waals surface area contributed by atoms with E-state index in [0.29, 0.717) is 8.68 Å². The van der Waals surface area contributed by atoms with Crippen molar-refractivity contribution in [1.29, 1.82) is 0 Å². The molecule has 104 valence electrons. The van der Waals surface area contributed by atoms with E-state index in [0.717, 1.165) is 6.42 Å². The Kier molecular flexibility index (Phi) is 4.84. The number of hydrogen-bond donors (Lipinski definition) is 0. The first kappa shape index (κ1) is 15.2. The van der Waals surface area contributed by atoms with Crippen LogP contribution in [0.5, 0.6) is 0 Å². The molecule has 0 fully saturated rings. The predicted molar refractivity (Wildman–Crippen MR) is 84.5 cm³/mol. The molecule has 0 aliphatic carbocycles. The minimum atomic E-state index is -3.42. The first-order chi connectivity index (χ1) is 8.93. The number of thiophene rings is 2. The molecule has 3 nitrogen and oxygen atoms in total. The summed E-state index contributed by atoms with van der Waals surface area (Å²) in [6, 6.07) is 5.70. The van der Waals surface area contributed by atoms with Gasteiger partial charge in [-0.05, 0) is 52.2 Å². The molecule has 2 heterocycles. The molecule has 19 heavy (non-hydrogen) atoms. The zero-order valence-electron chi connectivity index (χ0n) is 10.5. The Morgan fingerprint density at radius 3 is 2.58 bits per heavy atom. The maximum absolute atomic E-state index is 12.5. The Morgan fingerprint density at radius 1 is 1.32 bits per heavy atom. The average Bonchev–Trinajstić information content (AvgIpc) is 2.99. The lowest BCUT2D eigenvalue weighted by Crippen LogP contribution is -2.36. The fourth-order valence-corrected chi connectivity index (χ4v) is 6.35. The second kappa shape index (κ2) is 6.05. The van der Waals surface area contributed by atoms with Gasteiger partial charge < -0.3 is 0 Å². The van der Waals surface area contributed by atoms with Crippen molar-refractivity contribution < 1.29 is 8.42 Å². The highest BCUT2D eigenvalue weighted by Crippen LogP contribution is 2.31. The summed E-state index contributed by atoms with van der Waals surface area (Å²) in [6.07, 6.45) is 0.733. The number of halogens is 1. The van der Waals surface area contributed by atoms with Crippen molar-refractivity contribution in [3.8, 4) is 0 Å². The molecule has 0 saturated heterocycles. The largest absolute Gasteiger partial charge is 0.253 e. The topological polar surface area (TPSA) is 37.4 Å². The Labute approximate surface area is 130 Å². The van der Waals surface area contributed by atoms with Gasteiger partial charge in [-0.3, -0.25) is 0 Å². The Morgan fingerprint density at radius 2 is 2.05 bits per heavy atom. The van der Waals surface area contributed by atoms with Crippen LogP contribution < -0.4 is 0 Å². The van der Waals surface area contributed by atoms with Crippen LogP contribution in [0.1, 0.15) is 11.8 Å². The van der Waals surface area contributed by atoms with Gasteiger partial charge in [-0.15, -0.1) is 22.7 Å². The highest BCUT2D eigenvalue weighted by Gasteiger charge is 2.28.